The van der Waals surface area contributed by atoms with Gasteiger partial charge < -0.3 is 24.5 Å². The zero-order chi connectivity index (χ0) is 21.5. The van der Waals surface area contributed by atoms with Gasteiger partial charge >= 0.3 is 5.97 Å². The van der Waals surface area contributed by atoms with Gasteiger partial charge in [0, 0.05) is 25.5 Å². The second kappa shape index (κ2) is 7.66. The number of amides is 1. The molecule has 1 atom stereocenters. The molecule has 1 aromatic heterocycles. The lowest BCUT2D eigenvalue weighted by atomic mass is 9.88. The third-order valence-corrected chi connectivity index (χ3v) is 6.03. The summed E-state index contributed by atoms with van der Waals surface area (Å²) in [6.45, 7) is 0.808. The number of aromatic nitrogens is 1. The number of benzene rings is 2. The van der Waals surface area contributed by atoms with Crippen molar-refractivity contribution in [1.29, 1.82) is 0 Å². The number of methoxy groups -OCH3 is 1. The Balaban J connectivity index is 1.69. The van der Waals surface area contributed by atoms with Crippen molar-refractivity contribution in [1.82, 2.24) is 9.88 Å². The first kappa shape index (κ1) is 20.3. The van der Waals surface area contributed by atoms with Crippen molar-refractivity contribution in [3.05, 3.63) is 64.3 Å². The van der Waals surface area contributed by atoms with Crippen molar-refractivity contribution in [3.8, 4) is 5.75 Å². The van der Waals surface area contributed by atoms with E-state index in [0.717, 1.165) is 16.5 Å². The van der Waals surface area contributed by atoms with E-state index in [1.165, 1.54) is 12.1 Å². The van der Waals surface area contributed by atoms with Crippen LogP contribution in [0.1, 0.15) is 32.8 Å². The summed E-state index contributed by atoms with van der Waals surface area (Å²) in [4.78, 5) is 24.4. The molecule has 1 fully saturated rings. The van der Waals surface area contributed by atoms with Crippen LogP contribution in [-0.2, 0) is 17.3 Å². The van der Waals surface area contributed by atoms with Crippen molar-refractivity contribution in [2.75, 3.05) is 20.3 Å². The number of nitrogens with one attached hydrogen (secondary N) is 1. The molecule has 0 radical (unpaired) electrons. The van der Waals surface area contributed by atoms with E-state index in [9.17, 15) is 9.59 Å². The van der Waals surface area contributed by atoms with Gasteiger partial charge in [0.15, 0.2) is 0 Å². The van der Waals surface area contributed by atoms with E-state index in [-0.39, 0.29) is 11.5 Å². The number of hydrogen-bond donors (Lipinski definition) is 2. The summed E-state index contributed by atoms with van der Waals surface area (Å²) in [6.07, 6.45) is 0.587. The van der Waals surface area contributed by atoms with Crippen LogP contribution in [0.2, 0.25) is 5.02 Å². The van der Waals surface area contributed by atoms with E-state index in [4.69, 9.17) is 26.2 Å². The van der Waals surface area contributed by atoms with Crippen LogP contribution in [0, 0.1) is 0 Å². The van der Waals surface area contributed by atoms with E-state index in [1.807, 2.05) is 6.07 Å². The van der Waals surface area contributed by atoms with Gasteiger partial charge in [-0.05, 0) is 35.9 Å². The first-order valence-corrected chi connectivity index (χ1v) is 9.80. The summed E-state index contributed by atoms with van der Waals surface area (Å²) < 4.78 is 12.6. The maximum atomic E-state index is 13.3. The molecule has 1 amide bonds. The highest BCUT2D eigenvalue weighted by Gasteiger charge is 2.39. The smallest absolute Gasteiger partial charge is 0.335 e. The Labute approximate surface area is 178 Å². The summed E-state index contributed by atoms with van der Waals surface area (Å²) in [7, 11) is 3.35. The number of fused-ring (bicyclic) bond motifs is 1. The number of carbonyl (C=O) groups is 2. The van der Waals surface area contributed by atoms with Crippen molar-refractivity contribution in [2.24, 2.45) is 7.05 Å². The van der Waals surface area contributed by atoms with E-state index in [2.05, 4.69) is 5.32 Å². The molecule has 3 aromatic rings. The van der Waals surface area contributed by atoms with Gasteiger partial charge in [-0.15, -0.1) is 0 Å². The van der Waals surface area contributed by atoms with Gasteiger partial charge in [-0.1, -0.05) is 23.7 Å². The van der Waals surface area contributed by atoms with Crippen LogP contribution in [0.15, 0.2) is 42.5 Å². The normalized spacial score (nSPS) is 18.5. The molecule has 0 spiro atoms. The summed E-state index contributed by atoms with van der Waals surface area (Å²) in [6, 6.07) is 11.9. The topological polar surface area (TPSA) is 89.8 Å². The Morgan fingerprint density at radius 3 is 2.57 bits per heavy atom. The molecule has 1 saturated heterocycles. The molecule has 30 heavy (non-hydrogen) atoms. The Morgan fingerprint density at radius 1 is 1.23 bits per heavy atom. The molecule has 1 aliphatic rings. The predicted molar refractivity (Wildman–Crippen MR) is 112 cm³/mol. The van der Waals surface area contributed by atoms with Gasteiger partial charge in [0.05, 0.1) is 35.4 Å². The highest BCUT2D eigenvalue weighted by atomic mass is 35.5. The Kier molecular flexibility index (Phi) is 5.17. The fraction of sp³-hybridized carbons (Fsp3) is 0.273. The molecular weight excluding hydrogens is 408 g/mol. The number of carboxylic acid groups (broad SMARTS) is 1. The Bertz CT molecular complexity index is 1130. The zero-order valence-corrected chi connectivity index (χ0v) is 17.3. The quantitative estimate of drug-likeness (QED) is 0.648. The van der Waals surface area contributed by atoms with E-state index >= 15 is 0 Å². The summed E-state index contributed by atoms with van der Waals surface area (Å²) in [5, 5.41) is 13.4. The number of hydrogen-bond acceptors (Lipinski definition) is 4. The van der Waals surface area contributed by atoms with Crippen LogP contribution in [0.4, 0.5) is 0 Å². The lowest BCUT2D eigenvalue weighted by Gasteiger charge is -2.29. The largest absolute Gasteiger partial charge is 0.495 e. The number of halogens is 1. The fourth-order valence-electron chi connectivity index (χ4n) is 3.91. The number of nitrogens with zero attached hydrogens (tertiary/aromatic N) is 1. The van der Waals surface area contributed by atoms with Gasteiger partial charge in [0.2, 0.25) is 0 Å². The zero-order valence-electron chi connectivity index (χ0n) is 16.6. The molecule has 0 bridgehead atoms. The molecular formula is C22H21ClN2O5. The molecule has 156 valence electrons. The van der Waals surface area contributed by atoms with Crippen LogP contribution >= 0.6 is 11.6 Å². The standard InChI is InChI=1S/C22H21ClN2O5/c1-25-16-7-8-18(29-2)19(23)15(16)11-17(25)20(26)24-22(9-10-30-12-22)14-5-3-13(4-6-14)21(27)28/h3-8,11H,9-10,12H2,1-2H3,(H,24,26)(H,27,28). The number of aryl methyl sites for hydroxylation is 1. The van der Waals surface area contributed by atoms with E-state index < -0.39 is 11.5 Å². The van der Waals surface area contributed by atoms with E-state index in [0.29, 0.717) is 36.1 Å². The minimum atomic E-state index is -0.995. The first-order chi connectivity index (χ1) is 14.4. The van der Waals surface area contributed by atoms with Crippen LogP contribution in [0.5, 0.6) is 5.75 Å². The molecule has 2 heterocycles. The minimum Gasteiger partial charge on any atom is -0.495 e. The monoisotopic (exact) mass is 428 g/mol. The molecule has 1 unspecified atom stereocenters. The fourth-order valence-corrected chi connectivity index (χ4v) is 4.20. The molecule has 0 aliphatic carbocycles. The van der Waals surface area contributed by atoms with Crippen molar-refractivity contribution >= 4 is 34.4 Å². The number of carbonyl (C=O) groups excluding carboxylic acids is 1. The maximum absolute atomic E-state index is 13.3. The van der Waals surface area contributed by atoms with Gasteiger partial charge in [-0.3, -0.25) is 4.79 Å². The van der Waals surface area contributed by atoms with Crippen molar-refractivity contribution in [3.63, 3.8) is 0 Å². The highest BCUT2D eigenvalue weighted by Crippen LogP contribution is 2.35. The van der Waals surface area contributed by atoms with Crippen molar-refractivity contribution in [2.45, 2.75) is 12.0 Å². The Hall–Kier alpha value is -3.03. The highest BCUT2D eigenvalue weighted by molar-refractivity contribution is 6.37. The molecule has 4 rings (SSSR count). The first-order valence-electron chi connectivity index (χ1n) is 9.42. The summed E-state index contributed by atoms with van der Waals surface area (Å²) in [5.41, 5.74) is 1.53. The van der Waals surface area contributed by atoms with Crippen LogP contribution in [0.3, 0.4) is 0 Å². The average Bonchev–Trinajstić information content (AvgIpc) is 3.34. The molecule has 2 N–H and O–H groups in total. The Morgan fingerprint density at radius 2 is 1.97 bits per heavy atom. The molecule has 2 aromatic carbocycles. The van der Waals surface area contributed by atoms with Gasteiger partial charge in [-0.25, -0.2) is 4.79 Å². The molecule has 7 nitrogen and oxygen atoms in total. The number of rotatable bonds is 5. The van der Waals surface area contributed by atoms with Crippen LogP contribution in [-0.4, -0.2) is 41.9 Å². The lowest BCUT2D eigenvalue weighted by Crippen LogP contribution is -2.47. The second-order valence-electron chi connectivity index (χ2n) is 7.32. The average molecular weight is 429 g/mol. The third kappa shape index (κ3) is 3.30. The summed E-state index contributed by atoms with van der Waals surface area (Å²) in [5.74, 6) is -0.720. The van der Waals surface area contributed by atoms with E-state index in [1.54, 1.807) is 43.0 Å². The second-order valence-corrected chi connectivity index (χ2v) is 7.70. The SMILES string of the molecule is COc1ccc2c(cc(C(=O)NC3(c4ccc(C(=O)O)cc4)CCOC3)n2C)c1Cl. The third-order valence-electron chi connectivity index (χ3n) is 5.64. The number of aromatic carboxylic acids is 1. The maximum Gasteiger partial charge on any atom is 0.335 e. The van der Waals surface area contributed by atoms with Gasteiger partial charge in [-0.2, -0.15) is 0 Å². The number of carboxylic acids is 1. The van der Waals surface area contributed by atoms with Crippen molar-refractivity contribution < 1.29 is 24.2 Å². The lowest BCUT2D eigenvalue weighted by molar-refractivity contribution is 0.0696. The predicted octanol–water partition coefficient (Wildman–Crippen LogP) is 3.58. The van der Waals surface area contributed by atoms with Crippen LogP contribution < -0.4 is 10.1 Å². The summed E-state index contributed by atoms with van der Waals surface area (Å²) >= 11 is 6.43. The minimum absolute atomic E-state index is 0.191. The van der Waals surface area contributed by atoms with Gasteiger partial charge in [0.1, 0.15) is 11.4 Å². The molecule has 8 heteroatoms. The number of ether oxygens (including phenoxy) is 2. The van der Waals surface area contributed by atoms with Crippen LogP contribution in [0.25, 0.3) is 10.9 Å². The van der Waals surface area contributed by atoms with Gasteiger partial charge in [0.25, 0.3) is 5.91 Å². The molecule has 0 saturated carbocycles. The molecule has 1 aliphatic heterocycles.